The van der Waals surface area contributed by atoms with E-state index in [9.17, 15) is 8.42 Å². The molecule has 1 saturated heterocycles. The topological polar surface area (TPSA) is 75.6 Å². The first-order valence-electron chi connectivity index (χ1n) is 5.84. The molecular weight excluding hydrogens is 274 g/mol. The molecule has 0 radical (unpaired) electrons. The number of hydrogen-bond donors (Lipinski definition) is 2. The summed E-state index contributed by atoms with van der Waals surface area (Å²) in [5.74, 6) is 0. The summed E-state index contributed by atoms with van der Waals surface area (Å²) in [6.45, 7) is 2.63. The van der Waals surface area contributed by atoms with Crippen LogP contribution in [-0.4, -0.2) is 32.8 Å². The van der Waals surface area contributed by atoms with Crippen molar-refractivity contribution < 1.29 is 18.3 Å². The van der Waals surface area contributed by atoms with Crippen molar-refractivity contribution >= 4 is 21.4 Å². The lowest BCUT2D eigenvalue weighted by molar-refractivity contribution is 0.114. The molecule has 0 amide bonds. The Bertz CT molecular complexity index is 503. The molecule has 1 aromatic heterocycles. The smallest absolute Gasteiger partial charge is 0.241 e. The van der Waals surface area contributed by atoms with Gasteiger partial charge in [-0.15, -0.1) is 11.3 Å². The molecule has 1 fully saturated rings. The predicted octanol–water partition coefficient (Wildman–Crippen LogP) is 1.01. The third kappa shape index (κ3) is 3.10. The lowest BCUT2D eigenvalue weighted by Crippen LogP contribution is -2.31. The number of aryl methyl sites for hydroxylation is 1. The molecular formula is C11H17NO4S2. The van der Waals surface area contributed by atoms with E-state index >= 15 is 0 Å². The van der Waals surface area contributed by atoms with Crippen molar-refractivity contribution in [3.8, 4) is 0 Å². The average molecular weight is 291 g/mol. The van der Waals surface area contributed by atoms with Gasteiger partial charge in [0.25, 0.3) is 0 Å². The van der Waals surface area contributed by atoms with Crippen molar-refractivity contribution in [3.05, 3.63) is 15.8 Å². The Morgan fingerprint density at radius 1 is 1.61 bits per heavy atom. The van der Waals surface area contributed by atoms with Crippen LogP contribution in [0.25, 0.3) is 0 Å². The van der Waals surface area contributed by atoms with Gasteiger partial charge < -0.3 is 9.84 Å². The highest BCUT2D eigenvalue weighted by Crippen LogP contribution is 2.25. The van der Waals surface area contributed by atoms with Crippen LogP contribution in [0.1, 0.15) is 22.6 Å². The number of thiophene rings is 1. The number of aliphatic hydroxyl groups excluding tert-OH is 1. The van der Waals surface area contributed by atoms with E-state index in [-0.39, 0.29) is 17.6 Å². The van der Waals surface area contributed by atoms with Crippen molar-refractivity contribution in [3.63, 3.8) is 0 Å². The van der Waals surface area contributed by atoms with Crippen LogP contribution < -0.4 is 4.72 Å². The van der Waals surface area contributed by atoms with E-state index in [1.165, 1.54) is 17.4 Å². The fraction of sp³-hybridized carbons (Fsp3) is 0.636. The summed E-state index contributed by atoms with van der Waals surface area (Å²) in [5, 5.41) is 9.02. The summed E-state index contributed by atoms with van der Waals surface area (Å²) >= 11 is 1.30. The second kappa shape index (κ2) is 5.66. The van der Waals surface area contributed by atoms with Crippen LogP contribution in [0.4, 0.5) is 0 Å². The second-order valence-electron chi connectivity index (χ2n) is 4.28. The molecule has 5 nitrogen and oxygen atoms in total. The minimum absolute atomic E-state index is 0.0176. The first-order chi connectivity index (χ1) is 8.53. The van der Waals surface area contributed by atoms with Gasteiger partial charge >= 0.3 is 0 Å². The molecule has 2 rings (SSSR count). The van der Waals surface area contributed by atoms with Crippen LogP contribution in [0.5, 0.6) is 0 Å². The van der Waals surface area contributed by atoms with Crippen LogP contribution in [0.3, 0.4) is 0 Å². The highest BCUT2D eigenvalue weighted by molar-refractivity contribution is 7.89. The van der Waals surface area contributed by atoms with Crippen molar-refractivity contribution in [2.45, 2.75) is 37.4 Å². The maximum Gasteiger partial charge on any atom is 0.241 e. The van der Waals surface area contributed by atoms with E-state index in [0.717, 1.165) is 12.8 Å². The van der Waals surface area contributed by atoms with Gasteiger partial charge in [-0.1, -0.05) is 0 Å². The zero-order valence-corrected chi connectivity index (χ0v) is 11.8. The number of nitrogens with one attached hydrogen (secondary N) is 1. The number of hydrogen-bond acceptors (Lipinski definition) is 5. The van der Waals surface area contributed by atoms with Crippen LogP contribution in [-0.2, 0) is 21.4 Å². The minimum atomic E-state index is -3.50. The maximum atomic E-state index is 12.1. The van der Waals surface area contributed by atoms with Crippen molar-refractivity contribution in [1.29, 1.82) is 0 Å². The minimum Gasteiger partial charge on any atom is -0.391 e. The third-order valence-corrected chi connectivity index (χ3v) is 5.61. The predicted molar refractivity (Wildman–Crippen MR) is 69.1 cm³/mol. The maximum absolute atomic E-state index is 12.1. The van der Waals surface area contributed by atoms with Gasteiger partial charge in [0.15, 0.2) is 0 Å². The van der Waals surface area contributed by atoms with E-state index in [1.54, 1.807) is 6.92 Å². The molecule has 1 aliphatic heterocycles. The summed E-state index contributed by atoms with van der Waals surface area (Å²) in [6, 6.07) is 1.53. The summed E-state index contributed by atoms with van der Waals surface area (Å²) < 4.78 is 32.1. The highest BCUT2D eigenvalue weighted by Gasteiger charge is 2.23. The fourth-order valence-corrected chi connectivity index (χ4v) is 4.51. The van der Waals surface area contributed by atoms with E-state index in [2.05, 4.69) is 4.72 Å². The van der Waals surface area contributed by atoms with Gasteiger partial charge in [-0.2, -0.15) is 0 Å². The normalized spacial score (nSPS) is 20.4. The van der Waals surface area contributed by atoms with Gasteiger partial charge in [-0.25, -0.2) is 13.1 Å². The largest absolute Gasteiger partial charge is 0.391 e. The fourth-order valence-electron chi connectivity index (χ4n) is 1.95. The zero-order valence-electron chi connectivity index (χ0n) is 10.2. The van der Waals surface area contributed by atoms with Crippen LogP contribution >= 0.6 is 11.3 Å². The van der Waals surface area contributed by atoms with Gasteiger partial charge in [0.1, 0.15) is 0 Å². The number of ether oxygens (including phenoxy) is 1. The van der Waals surface area contributed by atoms with Crippen LogP contribution in [0, 0.1) is 6.92 Å². The molecule has 0 aliphatic carbocycles. The molecule has 0 aromatic carbocycles. The Morgan fingerprint density at radius 2 is 2.39 bits per heavy atom. The van der Waals surface area contributed by atoms with Gasteiger partial charge in [0.2, 0.25) is 10.0 Å². The zero-order chi connectivity index (χ0) is 13.2. The highest BCUT2D eigenvalue weighted by atomic mass is 32.2. The molecule has 18 heavy (non-hydrogen) atoms. The molecule has 1 unspecified atom stereocenters. The van der Waals surface area contributed by atoms with Gasteiger partial charge in [0.05, 0.1) is 17.6 Å². The van der Waals surface area contributed by atoms with E-state index in [4.69, 9.17) is 9.84 Å². The Kier molecular flexibility index (Phi) is 4.39. The first-order valence-corrected chi connectivity index (χ1v) is 8.14. The number of rotatable bonds is 5. The first kappa shape index (κ1) is 14.0. The van der Waals surface area contributed by atoms with E-state index in [1.807, 2.05) is 0 Å². The van der Waals surface area contributed by atoms with E-state index in [0.29, 0.717) is 22.9 Å². The molecule has 0 spiro atoms. The number of sulfonamides is 1. The van der Waals surface area contributed by atoms with Crippen molar-refractivity contribution in [2.24, 2.45) is 0 Å². The summed E-state index contributed by atoms with van der Waals surface area (Å²) in [5.41, 5.74) is 0. The lowest BCUT2D eigenvalue weighted by Gasteiger charge is -2.11. The molecule has 2 N–H and O–H groups in total. The molecule has 7 heteroatoms. The Labute approximate surface area is 111 Å². The quantitative estimate of drug-likeness (QED) is 0.849. The van der Waals surface area contributed by atoms with E-state index < -0.39 is 10.0 Å². The summed E-state index contributed by atoms with van der Waals surface area (Å²) in [6.07, 6.45) is 1.86. The molecule has 1 aromatic rings. The monoisotopic (exact) mass is 291 g/mol. The lowest BCUT2D eigenvalue weighted by atomic mass is 10.2. The standard InChI is InChI=1S/C11H17NO4S2/c1-8-11(5-10(7-13)17-8)18(14,15)12-6-9-3-2-4-16-9/h5,9,12-13H,2-4,6-7H2,1H3. The number of aliphatic hydroxyl groups is 1. The Morgan fingerprint density at radius 3 is 2.94 bits per heavy atom. The Balaban J connectivity index is 2.06. The molecule has 2 heterocycles. The third-order valence-electron chi connectivity index (χ3n) is 2.89. The molecule has 0 saturated carbocycles. The van der Waals surface area contributed by atoms with Gasteiger partial charge in [-0.3, -0.25) is 0 Å². The van der Waals surface area contributed by atoms with Crippen molar-refractivity contribution in [2.75, 3.05) is 13.2 Å². The van der Waals surface area contributed by atoms with Gasteiger partial charge in [0, 0.05) is 22.9 Å². The van der Waals surface area contributed by atoms with Crippen LogP contribution in [0.2, 0.25) is 0 Å². The SMILES string of the molecule is Cc1sc(CO)cc1S(=O)(=O)NCC1CCCO1. The molecule has 102 valence electrons. The van der Waals surface area contributed by atoms with Crippen molar-refractivity contribution in [1.82, 2.24) is 4.72 Å². The molecule has 0 bridgehead atoms. The summed E-state index contributed by atoms with van der Waals surface area (Å²) in [7, 11) is -3.50. The summed E-state index contributed by atoms with van der Waals surface area (Å²) in [4.78, 5) is 1.61. The van der Waals surface area contributed by atoms with Gasteiger partial charge in [-0.05, 0) is 25.8 Å². The average Bonchev–Trinajstić information content (AvgIpc) is 2.95. The molecule has 1 atom stereocenters. The van der Waals surface area contributed by atoms with Crippen LogP contribution in [0.15, 0.2) is 11.0 Å². The molecule has 1 aliphatic rings. The Hall–Kier alpha value is -0.470. The second-order valence-corrected chi connectivity index (χ2v) is 7.35.